The van der Waals surface area contributed by atoms with Crippen LogP contribution in [-0.4, -0.2) is 63.8 Å². The number of hydrogen-bond acceptors (Lipinski definition) is 6. The van der Waals surface area contributed by atoms with Crippen molar-refractivity contribution in [3.63, 3.8) is 0 Å². The molecule has 1 aliphatic rings. The van der Waals surface area contributed by atoms with Gasteiger partial charge in [-0.05, 0) is 44.5 Å². The number of ether oxygens (including phenoxy) is 1. The first-order valence-corrected chi connectivity index (χ1v) is 9.52. The number of nitrogens with one attached hydrogen (secondary N) is 1. The summed E-state index contributed by atoms with van der Waals surface area (Å²) in [5.74, 6) is 0.908. The van der Waals surface area contributed by atoms with E-state index in [2.05, 4.69) is 49.6 Å². The Morgan fingerprint density at radius 1 is 1.19 bits per heavy atom. The van der Waals surface area contributed by atoms with E-state index in [1.807, 2.05) is 12.3 Å². The third-order valence-corrected chi connectivity index (χ3v) is 5.24. The molecule has 7 nitrogen and oxygen atoms in total. The van der Waals surface area contributed by atoms with Crippen LogP contribution in [0.3, 0.4) is 0 Å². The van der Waals surface area contributed by atoms with Crippen LogP contribution in [0.1, 0.15) is 17.7 Å². The van der Waals surface area contributed by atoms with E-state index in [9.17, 15) is 0 Å². The quantitative estimate of drug-likeness (QED) is 0.676. The van der Waals surface area contributed by atoms with Crippen molar-refractivity contribution in [1.82, 2.24) is 24.4 Å². The number of fused-ring (bicyclic) bond motifs is 1. The zero-order valence-corrected chi connectivity index (χ0v) is 16.0. The summed E-state index contributed by atoms with van der Waals surface area (Å²) < 4.78 is 7.56. The largest absolute Gasteiger partial charge is 0.379 e. The molecule has 3 aromatic rings. The molecule has 142 valence electrons. The van der Waals surface area contributed by atoms with Crippen molar-refractivity contribution in [3.8, 4) is 5.69 Å². The van der Waals surface area contributed by atoms with Gasteiger partial charge in [-0.3, -0.25) is 14.5 Å². The average molecular weight is 366 g/mol. The van der Waals surface area contributed by atoms with Gasteiger partial charge < -0.3 is 10.1 Å². The van der Waals surface area contributed by atoms with Crippen LogP contribution >= 0.6 is 0 Å². The molecular formula is C20H26N6O. The molecule has 1 aliphatic heterocycles. The summed E-state index contributed by atoms with van der Waals surface area (Å²) in [4.78, 5) is 15.8. The summed E-state index contributed by atoms with van der Waals surface area (Å²) in [5.41, 5.74) is 4.30. The molecule has 0 aliphatic carbocycles. The first-order chi connectivity index (χ1) is 13.3. The Morgan fingerprint density at radius 2 is 2.04 bits per heavy atom. The monoisotopic (exact) mass is 366 g/mol. The molecule has 0 aromatic carbocycles. The third-order valence-electron chi connectivity index (χ3n) is 5.24. The Labute approximate surface area is 159 Å². The summed E-state index contributed by atoms with van der Waals surface area (Å²) >= 11 is 0. The second kappa shape index (κ2) is 8.02. The molecule has 0 spiro atoms. The van der Waals surface area contributed by atoms with E-state index in [-0.39, 0.29) is 0 Å². The molecule has 4 heterocycles. The highest BCUT2D eigenvalue weighted by Crippen LogP contribution is 2.30. The molecular weight excluding hydrogens is 340 g/mol. The lowest BCUT2D eigenvalue weighted by atomic mass is 10.2. The van der Waals surface area contributed by atoms with Crippen LogP contribution in [0.4, 0.5) is 5.82 Å². The SMILES string of the molecule is Cc1c(C)n(-c2cccnc2)c2ncnc(NCCCN3CCOCC3)c12. The Hall–Kier alpha value is -2.51. The average Bonchev–Trinajstić information content (AvgIpc) is 2.98. The fourth-order valence-corrected chi connectivity index (χ4v) is 3.67. The Morgan fingerprint density at radius 3 is 2.81 bits per heavy atom. The molecule has 27 heavy (non-hydrogen) atoms. The van der Waals surface area contributed by atoms with E-state index < -0.39 is 0 Å². The maximum Gasteiger partial charge on any atom is 0.150 e. The molecule has 1 saturated heterocycles. The highest BCUT2D eigenvalue weighted by Gasteiger charge is 2.17. The minimum Gasteiger partial charge on any atom is -0.379 e. The van der Waals surface area contributed by atoms with Crippen molar-refractivity contribution >= 4 is 16.9 Å². The van der Waals surface area contributed by atoms with Gasteiger partial charge in [-0.15, -0.1) is 0 Å². The van der Waals surface area contributed by atoms with Crippen LogP contribution in [-0.2, 0) is 4.74 Å². The third kappa shape index (κ3) is 3.65. The van der Waals surface area contributed by atoms with Crippen LogP contribution in [0.15, 0.2) is 30.9 Å². The number of aromatic nitrogens is 4. The van der Waals surface area contributed by atoms with E-state index in [4.69, 9.17) is 4.74 Å². The molecule has 1 N–H and O–H groups in total. The Bertz CT molecular complexity index is 902. The Kier molecular flexibility index (Phi) is 5.31. The van der Waals surface area contributed by atoms with Gasteiger partial charge in [0.1, 0.15) is 12.1 Å². The van der Waals surface area contributed by atoms with Gasteiger partial charge in [0.25, 0.3) is 0 Å². The second-order valence-corrected chi connectivity index (χ2v) is 6.91. The molecule has 3 aromatic heterocycles. The summed E-state index contributed by atoms with van der Waals surface area (Å²) in [5, 5.41) is 4.61. The van der Waals surface area contributed by atoms with Crippen molar-refractivity contribution < 1.29 is 4.74 Å². The van der Waals surface area contributed by atoms with Gasteiger partial charge in [-0.2, -0.15) is 0 Å². The van der Waals surface area contributed by atoms with Crippen molar-refractivity contribution in [2.45, 2.75) is 20.3 Å². The number of nitrogens with zero attached hydrogens (tertiary/aromatic N) is 5. The summed E-state index contributed by atoms with van der Waals surface area (Å²) in [7, 11) is 0. The molecule has 1 fully saturated rings. The number of morpholine rings is 1. The van der Waals surface area contributed by atoms with Gasteiger partial charge in [0.2, 0.25) is 0 Å². The van der Waals surface area contributed by atoms with Gasteiger partial charge >= 0.3 is 0 Å². The van der Waals surface area contributed by atoms with Gasteiger partial charge in [0.05, 0.1) is 30.5 Å². The fraction of sp³-hybridized carbons (Fsp3) is 0.450. The fourth-order valence-electron chi connectivity index (χ4n) is 3.67. The second-order valence-electron chi connectivity index (χ2n) is 6.91. The normalized spacial score (nSPS) is 15.3. The van der Waals surface area contributed by atoms with Crippen LogP contribution < -0.4 is 5.32 Å². The van der Waals surface area contributed by atoms with Crippen molar-refractivity contribution in [3.05, 3.63) is 42.1 Å². The lowest BCUT2D eigenvalue weighted by Crippen LogP contribution is -2.37. The molecule has 7 heteroatoms. The van der Waals surface area contributed by atoms with Crippen LogP contribution in [0.25, 0.3) is 16.7 Å². The minimum absolute atomic E-state index is 0.848. The number of aryl methyl sites for hydroxylation is 1. The van der Waals surface area contributed by atoms with Gasteiger partial charge in [0.15, 0.2) is 5.65 Å². The van der Waals surface area contributed by atoms with E-state index in [0.717, 1.165) is 74.0 Å². The standard InChI is InChI=1S/C20H26N6O/c1-15-16(2)26(17-5-3-6-21-13-17)20-18(15)19(23-14-24-20)22-7-4-8-25-9-11-27-12-10-25/h3,5-6,13-14H,4,7-12H2,1-2H3,(H,22,23,24). The summed E-state index contributed by atoms with van der Waals surface area (Å²) in [6, 6.07) is 4.00. The Balaban J connectivity index is 1.53. The topological polar surface area (TPSA) is 68.1 Å². The van der Waals surface area contributed by atoms with Gasteiger partial charge in [-0.25, -0.2) is 9.97 Å². The maximum atomic E-state index is 5.41. The van der Waals surface area contributed by atoms with Gasteiger partial charge in [-0.1, -0.05) is 0 Å². The molecule has 0 atom stereocenters. The number of hydrogen-bond donors (Lipinski definition) is 1. The van der Waals surface area contributed by atoms with Crippen LogP contribution in [0.2, 0.25) is 0 Å². The lowest BCUT2D eigenvalue weighted by Gasteiger charge is -2.26. The number of rotatable bonds is 6. The van der Waals surface area contributed by atoms with Crippen molar-refractivity contribution in [2.24, 2.45) is 0 Å². The lowest BCUT2D eigenvalue weighted by molar-refractivity contribution is 0.0378. The smallest absolute Gasteiger partial charge is 0.150 e. The first kappa shape index (κ1) is 17.9. The molecule has 0 unspecified atom stereocenters. The molecule has 0 amide bonds. The predicted octanol–water partition coefficient (Wildman–Crippen LogP) is 2.57. The highest BCUT2D eigenvalue weighted by atomic mass is 16.5. The van der Waals surface area contributed by atoms with E-state index in [0.29, 0.717) is 0 Å². The zero-order chi connectivity index (χ0) is 18.6. The number of anilines is 1. The molecule has 0 radical (unpaired) electrons. The van der Waals surface area contributed by atoms with Crippen molar-refractivity contribution in [1.29, 1.82) is 0 Å². The first-order valence-electron chi connectivity index (χ1n) is 9.52. The van der Waals surface area contributed by atoms with E-state index in [1.165, 1.54) is 5.56 Å². The summed E-state index contributed by atoms with van der Waals surface area (Å²) in [6.07, 6.45) is 6.36. The van der Waals surface area contributed by atoms with Crippen LogP contribution in [0, 0.1) is 13.8 Å². The van der Waals surface area contributed by atoms with E-state index in [1.54, 1.807) is 12.5 Å². The highest BCUT2D eigenvalue weighted by molar-refractivity contribution is 5.93. The maximum absolute atomic E-state index is 5.41. The molecule has 0 saturated carbocycles. The molecule has 4 rings (SSSR count). The molecule has 0 bridgehead atoms. The zero-order valence-electron chi connectivity index (χ0n) is 16.0. The van der Waals surface area contributed by atoms with Crippen molar-refractivity contribution in [2.75, 3.05) is 44.7 Å². The predicted molar refractivity (Wildman–Crippen MR) is 106 cm³/mol. The van der Waals surface area contributed by atoms with E-state index >= 15 is 0 Å². The van der Waals surface area contributed by atoms with Gasteiger partial charge in [0, 0.05) is 31.5 Å². The summed E-state index contributed by atoms with van der Waals surface area (Å²) in [6.45, 7) is 9.98. The van der Waals surface area contributed by atoms with Crippen LogP contribution in [0.5, 0.6) is 0 Å². The minimum atomic E-state index is 0.848. The number of pyridine rings is 1.